The average molecular weight is 281 g/mol. The number of halogens is 1. The number of carbonyl (C=O) groups excluding carboxylic acids is 2. The Balaban J connectivity index is 2.30. The first-order chi connectivity index (χ1) is 9.51. The highest BCUT2D eigenvalue weighted by molar-refractivity contribution is 6.64. The topological polar surface area (TPSA) is 65.1 Å². The molecule has 0 atom stereocenters. The Labute approximate surface area is 115 Å². The summed E-state index contributed by atoms with van der Waals surface area (Å²) in [7, 11) is 1.49. The van der Waals surface area contributed by atoms with E-state index in [0.29, 0.717) is 0 Å². The van der Waals surface area contributed by atoms with Crippen molar-refractivity contribution in [1.82, 2.24) is 4.90 Å². The third-order valence-electron chi connectivity index (χ3n) is 2.74. The first-order valence-corrected chi connectivity index (χ1v) is 5.91. The Morgan fingerprint density at radius 2 is 1.85 bits per heavy atom. The molecule has 8 heteroatoms. The summed E-state index contributed by atoms with van der Waals surface area (Å²) in [6, 6.07) is 4.30. The van der Waals surface area contributed by atoms with E-state index in [4.69, 9.17) is 14.0 Å². The monoisotopic (exact) mass is 281 g/mol. The van der Waals surface area contributed by atoms with Crippen LogP contribution in [0.3, 0.4) is 0 Å². The molecule has 1 aromatic rings. The van der Waals surface area contributed by atoms with E-state index >= 15 is 0 Å². The molecule has 0 spiro atoms. The van der Waals surface area contributed by atoms with Crippen LogP contribution in [-0.2, 0) is 18.9 Å². The van der Waals surface area contributed by atoms with Gasteiger partial charge in [-0.15, -0.1) is 0 Å². The van der Waals surface area contributed by atoms with Crippen LogP contribution >= 0.6 is 0 Å². The molecule has 0 unspecified atom stereocenters. The minimum absolute atomic E-state index is 0.0197. The largest absolute Gasteiger partial charge is 0.639 e. The summed E-state index contributed by atoms with van der Waals surface area (Å²) in [5.74, 6) is -1.96. The molecule has 1 heterocycles. The summed E-state index contributed by atoms with van der Waals surface area (Å²) in [6.07, 6.45) is 0. The number of rotatable bonds is 2. The number of methoxy groups -OCH3 is 1. The molecule has 0 amide bonds. The average Bonchev–Trinajstić information content (AvgIpc) is 2.36. The van der Waals surface area contributed by atoms with Gasteiger partial charge in [0.05, 0.1) is 25.7 Å². The second-order valence-corrected chi connectivity index (χ2v) is 4.35. The Morgan fingerprint density at radius 3 is 2.40 bits per heavy atom. The van der Waals surface area contributed by atoms with Crippen LogP contribution in [0.2, 0.25) is 0 Å². The van der Waals surface area contributed by atoms with Gasteiger partial charge in [-0.2, -0.15) is 0 Å². The van der Waals surface area contributed by atoms with Gasteiger partial charge < -0.3 is 14.0 Å². The third kappa shape index (κ3) is 3.08. The fourth-order valence-corrected chi connectivity index (χ4v) is 1.83. The van der Waals surface area contributed by atoms with Crippen molar-refractivity contribution in [3.8, 4) is 5.75 Å². The molecule has 6 nitrogen and oxygen atoms in total. The third-order valence-corrected chi connectivity index (χ3v) is 2.74. The molecule has 0 aromatic heterocycles. The Bertz CT molecular complexity index is 519. The normalized spacial score (nSPS) is 17.1. The zero-order valence-electron chi connectivity index (χ0n) is 11.1. The molecule has 0 radical (unpaired) electrons. The van der Waals surface area contributed by atoms with Gasteiger partial charge in [0.15, 0.2) is 11.6 Å². The van der Waals surface area contributed by atoms with E-state index in [-0.39, 0.29) is 24.3 Å². The van der Waals surface area contributed by atoms with Crippen LogP contribution in [0.25, 0.3) is 0 Å². The van der Waals surface area contributed by atoms with Crippen LogP contribution in [-0.4, -0.2) is 51.2 Å². The molecule has 1 aliphatic rings. The van der Waals surface area contributed by atoms with Crippen molar-refractivity contribution < 1.29 is 28.0 Å². The van der Waals surface area contributed by atoms with E-state index in [1.54, 1.807) is 7.05 Å². The maximum atomic E-state index is 14.1. The maximum absolute atomic E-state index is 14.1. The van der Waals surface area contributed by atoms with Crippen molar-refractivity contribution in [2.75, 3.05) is 27.2 Å². The molecule has 2 rings (SSSR count). The fraction of sp³-hybridized carbons (Fsp3) is 0.333. The lowest BCUT2D eigenvalue weighted by Gasteiger charge is -2.22. The maximum Gasteiger partial charge on any atom is 0.639 e. The molecule has 1 fully saturated rings. The summed E-state index contributed by atoms with van der Waals surface area (Å²) in [5, 5.41) is 0. The Morgan fingerprint density at radius 1 is 1.25 bits per heavy atom. The summed E-state index contributed by atoms with van der Waals surface area (Å²) < 4.78 is 28.9. The lowest BCUT2D eigenvalue weighted by molar-refractivity contribution is -0.145. The molecule has 0 N–H and O–H groups in total. The second-order valence-electron chi connectivity index (χ2n) is 4.35. The zero-order valence-corrected chi connectivity index (χ0v) is 11.1. The fourth-order valence-electron chi connectivity index (χ4n) is 1.83. The molecule has 0 aliphatic carbocycles. The van der Waals surface area contributed by atoms with Crippen molar-refractivity contribution in [1.29, 1.82) is 0 Å². The smallest absolute Gasteiger partial charge is 0.494 e. The molecule has 1 aromatic carbocycles. The second kappa shape index (κ2) is 5.91. The Hall–Kier alpha value is -2.09. The van der Waals surface area contributed by atoms with Crippen molar-refractivity contribution in [2.24, 2.45) is 0 Å². The number of ether oxygens (including phenoxy) is 1. The number of likely N-dealkylation sites (N-methyl/N-ethyl adjacent to an activating group) is 1. The summed E-state index contributed by atoms with van der Waals surface area (Å²) >= 11 is 0. The van der Waals surface area contributed by atoms with E-state index in [2.05, 4.69) is 0 Å². The van der Waals surface area contributed by atoms with Crippen LogP contribution in [0.1, 0.15) is 0 Å². The van der Waals surface area contributed by atoms with Crippen molar-refractivity contribution in [3.63, 3.8) is 0 Å². The number of hydrogen-bond donors (Lipinski definition) is 0. The first-order valence-electron chi connectivity index (χ1n) is 5.91. The summed E-state index contributed by atoms with van der Waals surface area (Å²) in [5.41, 5.74) is -0.0596. The van der Waals surface area contributed by atoms with Gasteiger partial charge in [0.2, 0.25) is 0 Å². The van der Waals surface area contributed by atoms with Gasteiger partial charge in [-0.25, -0.2) is 4.39 Å². The highest BCUT2D eigenvalue weighted by atomic mass is 19.1. The lowest BCUT2D eigenvalue weighted by atomic mass is 9.78. The number of hydrogen-bond acceptors (Lipinski definition) is 6. The van der Waals surface area contributed by atoms with Gasteiger partial charge in [0.25, 0.3) is 0 Å². The van der Waals surface area contributed by atoms with Crippen LogP contribution in [0.15, 0.2) is 18.2 Å². The van der Waals surface area contributed by atoms with E-state index in [9.17, 15) is 14.0 Å². The van der Waals surface area contributed by atoms with Crippen LogP contribution < -0.4 is 10.2 Å². The highest BCUT2D eigenvalue weighted by Gasteiger charge is 2.36. The molecule has 106 valence electrons. The van der Waals surface area contributed by atoms with E-state index in [1.807, 2.05) is 0 Å². The molecule has 1 aliphatic heterocycles. The predicted molar refractivity (Wildman–Crippen MR) is 68.0 cm³/mol. The van der Waals surface area contributed by atoms with Crippen LogP contribution in [0.4, 0.5) is 4.39 Å². The molecular weight excluding hydrogens is 268 g/mol. The van der Waals surface area contributed by atoms with Gasteiger partial charge in [0.1, 0.15) is 0 Å². The van der Waals surface area contributed by atoms with Gasteiger partial charge in [0, 0.05) is 0 Å². The molecule has 0 bridgehead atoms. The van der Waals surface area contributed by atoms with Gasteiger partial charge in [-0.1, -0.05) is 12.1 Å². The van der Waals surface area contributed by atoms with Gasteiger partial charge in [-0.3, -0.25) is 14.5 Å². The first kappa shape index (κ1) is 14.3. The summed E-state index contributed by atoms with van der Waals surface area (Å²) in [6.45, 7) is -0.144. The highest BCUT2D eigenvalue weighted by Crippen LogP contribution is 2.15. The van der Waals surface area contributed by atoms with Crippen molar-refractivity contribution >= 4 is 24.5 Å². The molecule has 20 heavy (non-hydrogen) atoms. The molecular formula is C12H13BFNO5. The van der Waals surface area contributed by atoms with E-state index in [1.165, 1.54) is 30.2 Å². The number of nitrogens with zero attached hydrogens (tertiary/aromatic N) is 1. The standard InChI is InChI=1S/C12H13BFNO5/c1-15-6-10(16)19-13(20-11(17)7-15)8-4-3-5-9(18-2)12(8)14/h3-5H,6-7H2,1-2H3. The van der Waals surface area contributed by atoms with E-state index < -0.39 is 24.9 Å². The zero-order chi connectivity index (χ0) is 14.7. The molecule has 1 saturated heterocycles. The van der Waals surface area contributed by atoms with Gasteiger partial charge >= 0.3 is 19.1 Å². The minimum Gasteiger partial charge on any atom is -0.494 e. The lowest BCUT2D eigenvalue weighted by Crippen LogP contribution is -2.48. The SMILES string of the molecule is COc1cccc(B2OC(=O)CN(C)CC(=O)O2)c1F. The van der Waals surface area contributed by atoms with Crippen molar-refractivity contribution in [2.45, 2.75) is 0 Å². The van der Waals surface area contributed by atoms with Gasteiger partial charge in [-0.05, 0) is 13.1 Å². The van der Waals surface area contributed by atoms with Crippen LogP contribution in [0, 0.1) is 5.82 Å². The number of carbonyl (C=O) groups is 2. The number of benzene rings is 1. The summed E-state index contributed by atoms with van der Waals surface area (Å²) in [4.78, 5) is 24.6. The molecule has 0 saturated carbocycles. The van der Waals surface area contributed by atoms with Crippen LogP contribution in [0.5, 0.6) is 5.75 Å². The van der Waals surface area contributed by atoms with E-state index in [0.717, 1.165) is 0 Å². The Kier molecular flexibility index (Phi) is 4.24. The quantitative estimate of drug-likeness (QED) is 0.685. The van der Waals surface area contributed by atoms with Crippen molar-refractivity contribution in [3.05, 3.63) is 24.0 Å². The predicted octanol–water partition coefficient (Wildman–Crippen LogP) is -0.439. The minimum atomic E-state index is -1.40.